The SMILES string of the molecule is C=C(CCCC)/C(Cc1ccccc1)=C(/C)NC1=NC=C(CC)C=CC1. The third kappa shape index (κ3) is 6.18. The molecule has 2 heteroatoms. The third-order valence-corrected chi connectivity index (χ3v) is 4.70. The summed E-state index contributed by atoms with van der Waals surface area (Å²) in [5, 5.41) is 3.55. The van der Waals surface area contributed by atoms with Gasteiger partial charge in [-0.25, -0.2) is 4.99 Å². The zero-order chi connectivity index (χ0) is 18.8. The van der Waals surface area contributed by atoms with Crippen molar-refractivity contribution in [2.45, 2.75) is 59.3 Å². The number of aliphatic imine (C=N–C) groups is 1. The molecule has 1 aliphatic rings. The van der Waals surface area contributed by atoms with Crippen LogP contribution in [0.2, 0.25) is 0 Å². The quantitative estimate of drug-likeness (QED) is 0.533. The molecule has 0 fully saturated rings. The van der Waals surface area contributed by atoms with Gasteiger partial charge in [-0.2, -0.15) is 0 Å². The van der Waals surface area contributed by atoms with Crippen molar-refractivity contribution in [1.29, 1.82) is 0 Å². The van der Waals surface area contributed by atoms with E-state index in [-0.39, 0.29) is 0 Å². The summed E-state index contributed by atoms with van der Waals surface area (Å²) in [5.74, 6) is 0.996. The molecule has 1 aromatic rings. The van der Waals surface area contributed by atoms with Crippen molar-refractivity contribution >= 4 is 5.84 Å². The summed E-state index contributed by atoms with van der Waals surface area (Å²) in [6.45, 7) is 10.9. The predicted molar refractivity (Wildman–Crippen MR) is 114 cm³/mol. The second-order valence-electron chi connectivity index (χ2n) is 6.84. The molecule has 1 heterocycles. The molecule has 0 atom stereocenters. The van der Waals surface area contributed by atoms with Crippen molar-refractivity contribution in [3.8, 4) is 0 Å². The summed E-state index contributed by atoms with van der Waals surface area (Å²) in [4.78, 5) is 4.64. The maximum absolute atomic E-state index is 4.64. The predicted octanol–water partition coefficient (Wildman–Crippen LogP) is 6.49. The van der Waals surface area contributed by atoms with Gasteiger partial charge in [0.2, 0.25) is 0 Å². The zero-order valence-electron chi connectivity index (χ0n) is 16.5. The van der Waals surface area contributed by atoms with Crippen molar-refractivity contribution < 1.29 is 0 Å². The molecule has 0 saturated carbocycles. The number of allylic oxidation sites excluding steroid dienone is 5. The van der Waals surface area contributed by atoms with Crippen molar-refractivity contribution in [3.63, 3.8) is 0 Å². The molecule has 26 heavy (non-hydrogen) atoms. The van der Waals surface area contributed by atoms with E-state index in [1.807, 2.05) is 6.20 Å². The fourth-order valence-corrected chi connectivity index (χ4v) is 3.03. The molecule has 0 radical (unpaired) electrons. The fraction of sp³-hybridized carbons (Fsp3) is 0.375. The lowest BCUT2D eigenvalue weighted by Gasteiger charge is -2.17. The van der Waals surface area contributed by atoms with Gasteiger partial charge in [0.1, 0.15) is 5.84 Å². The summed E-state index contributed by atoms with van der Waals surface area (Å²) in [5.41, 5.74) is 6.28. The van der Waals surface area contributed by atoms with Crippen LogP contribution >= 0.6 is 0 Å². The minimum absolute atomic E-state index is 0.831. The van der Waals surface area contributed by atoms with E-state index in [1.54, 1.807) is 0 Å². The number of rotatable bonds is 8. The van der Waals surface area contributed by atoms with Gasteiger partial charge in [0, 0.05) is 18.3 Å². The first-order valence-electron chi connectivity index (χ1n) is 9.75. The highest BCUT2D eigenvalue weighted by molar-refractivity contribution is 5.86. The maximum Gasteiger partial charge on any atom is 0.109 e. The topological polar surface area (TPSA) is 24.4 Å². The van der Waals surface area contributed by atoms with E-state index >= 15 is 0 Å². The average Bonchev–Trinajstić information content (AvgIpc) is 2.90. The molecule has 138 valence electrons. The second kappa shape index (κ2) is 10.6. The Labute approximate surface area is 159 Å². The van der Waals surface area contributed by atoms with Crippen molar-refractivity contribution in [2.24, 2.45) is 4.99 Å². The van der Waals surface area contributed by atoms with Gasteiger partial charge < -0.3 is 5.32 Å². The molecule has 0 saturated heterocycles. The van der Waals surface area contributed by atoms with E-state index in [1.165, 1.54) is 35.1 Å². The lowest BCUT2D eigenvalue weighted by Crippen LogP contribution is -2.22. The van der Waals surface area contributed by atoms with Gasteiger partial charge >= 0.3 is 0 Å². The van der Waals surface area contributed by atoms with Crippen LogP contribution in [0, 0.1) is 0 Å². The van der Waals surface area contributed by atoms with E-state index in [9.17, 15) is 0 Å². The molecule has 0 aliphatic carbocycles. The highest BCUT2D eigenvalue weighted by Gasteiger charge is 2.10. The number of hydrogen-bond donors (Lipinski definition) is 1. The van der Waals surface area contributed by atoms with Gasteiger partial charge in [0.05, 0.1) is 0 Å². The van der Waals surface area contributed by atoms with Crippen molar-refractivity contribution in [2.75, 3.05) is 0 Å². The van der Waals surface area contributed by atoms with Crippen LogP contribution in [0.15, 0.2) is 82.7 Å². The smallest absolute Gasteiger partial charge is 0.109 e. The summed E-state index contributed by atoms with van der Waals surface area (Å²) >= 11 is 0. The fourth-order valence-electron chi connectivity index (χ4n) is 3.03. The number of unbranched alkanes of at least 4 members (excludes halogenated alkanes) is 1. The summed E-state index contributed by atoms with van der Waals surface area (Å²) in [7, 11) is 0. The molecule has 2 nitrogen and oxygen atoms in total. The molecule has 0 unspecified atom stereocenters. The Hall–Kier alpha value is -2.35. The lowest BCUT2D eigenvalue weighted by atomic mass is 9.94. The lowest BCUT2D eigenvalue weighted by molar-refractivity contribution is 0.784. The van der Waals surface area contributed by atoms with Gasteiger partial charge in [-0.3, -0.25) is 0 Å². The molecule has 1 aliphatic heterocycles. The van der Waals surface area contributed by atoms with Gasteiger partial charge in [-0.15, -0.1) is 0 Å². The number of nitrogens with one attached hydrogen (secondary N) is 1. The maximum atomic E-state index is 4.64. The molecular weight excluding hydrogens is 316 g/mol. The molecule has 1 N–H and O–H groups in total. The molecule has 0 aromatic heterocycles. The minimum Gasteiger partial charge on any atom is -0.347 e. The highest BCUT2D eigenvalue weighted by atomic mass is 15.0. The monoisotopic (exact) mass is 348 g/mol. The molecule has 1 aromatic carbocycles. The Morgan fingerprint density at radius 2 is 1.96 bits per heavy atom. The standard InChI is InChI=1S/C24H32N2/c1-5-7-12-19(3)23(17-22-13-9-8-10-14-22)20(4)26-24-16-11-15-21(6-2)18-25-24/h8-11,13-15,18H,3,5-7,12,16-17H2,1-2,4H3,(H,25,26)/b23-20-. The first-order chi connectivity index (χ1) is 12.6. The Bertz CT molecular complexity index is 718. The largest absolute Gasteiger partial charge is 0.347 e. The summed E-state index contributed by atoms with van der Waals surface area (Å²) < 4.78 is 0. The van der Waals surface area contributed by atoms with Crippen LogP contribution in [0.3, 0.4) is 0 Å². The Balaban J connectivity index is 2.23. The molecule has 0 amide bonds. The van der Waals surface area contributed by atoms with Gasteiger partial charge in [0.25, 0.3) is 0 Å². The van der Waals surface area contributed by atoms with Crippen LogP contribution < -0.4 is 5.32 Å². The van der Waals surface area contributed by atoms with Crippen LogP contribution in [0.1, 0.15) is 58.4 Å². The van der Waals surface area contributed by atoms with E-state index in [4.69, 9.17) is 0 Å². The first-order valence-corrected chi connectivity index (χ1v) is 9.75. The normalized spacial score (nSPS) is 14.9. The van der Waals surface area contributed by atoms with Crippen LogP contribution in [-0.2, 0) is 6.42 Å². The number of nitrogens with zero attached hydrogens (tertiary/aromatic N) is 1. The van der Waals surface area contributed by atoms with E-state index < -0.39 is 0 Å². The summed E-state index contributed by atoms with van der Waals surface area (Å²) in [6.07, 6.45) is 12.5. The molecule has 0 spiro atoms. The summed E-state index contributed by atoms with van der Waals surface area (Å²) in [6, 6.07) is 10.6. The number of amidine groups is 1. The van der Waals surface area contributed by atoms with Crippen LogP contribution in [0.25, 0.3) is 0 Å². The molecular formula is C24H32N2. The zero-order valence-corrected chi connectivity index (χ0v) is 16.5. The van der Waals surface area contributed by atoms with E-state index in [2.05, 4.69) is 80.1 Å². The van der Waals surface area contributed by atoms with Gasteiger partial charge in [0.15, 0.2) is 0 Å². The third-order valence-electron chi connectivity index (χ3n) is 4.70. The first kappa shape index (κ1) is 20.0. The number of benzene rings is 1. The van der Waals surface area contributed by atoms with E-state index in [0.717, 1.165) is 37.2 Å². The Kier molecular flexibility index (Phi) is 8.14. The second-order valence-corrected chi connectivity index (χ2v) is 6.84. The molecule has 2 rings (SSSR count). The van der Waals surface area contributed by atoms with Gasteiger partial charge in [-0.1, -0.05) is 69.3 Å². The number of hydrogen-bond acceptors (Lipinski definition) is 2. The van der Waals surface area contributed by atoms with Crippen molar-refractivity contribution in [1.82, 2.24) is 5.32 Å². The Morgan fingerprint density at radius 3 is 2.65 bits per heavy atom. The van der Waals surface area contributed by atoms with Crippen molar-refractivity contribution in [3.05, 3.63) is 83.2 Å². The van der Waals surface area contributed by atoms with Gasteiger partial charge in [-0.05, 0) is 54.9 Å². The average molecular weight is 349 g/mol. The molecule has 0 bridgehead atoms. The van der Waals surface area contributed by atoms with Crippen LogP contribution in [0.5, 0.6) is 0 Å². The van der Waals surface area contributed by atoms with Crippen LogP contribution in [0.4, 0.5) is 0 Å². The van der Waals surface area contributed by atoms with Crippen LogP contribution in [-0.4, -0.2) is 5.84 Å². The minimum atomic E-state index is 0.831. The highest BCUT2D eigenvalue weighted by Crippen LogP contribution is 2.23. The van der Waals surface area contributed by atoms with E-state index in [0.29, 0.717) is 0 Å². The Morgan fingerprint density at radius 1 is 1.19 bits per heavy atom.